The molecule has 1 aromatic rings. The quantitative estimate of drug-likeness (QED) is 0.779. The number of Topliss-reactive ketones (excluding diaryl/α,β-unsaturated/α-hetero) is 1. The summed E-state index contributed by atoms with van der Waals surface area (Å²) in [5, 5.41) is 0. The van der Waals surface area contributed by atoms with Gasteiger partial charge in [-0.15, -0.1) is 0 Å². The number of piperidine rings is 1. The number of aromatic nitrogens is 1. The summed E-state index contributed by atoms with van der Waals surface area (Å²) in [5.74, 6) is 1.20. The number of nitrogens with zero attached hydrogens (tertiary/aromatic N) is 2. The SMILES string of the molecule is CC(=O)Cc1cccc(N2CCCCC2)n1. The van der Waals surface area contributed by atoms with E-state index in [9.17, 15) is 4.79 Å². The summed E-state index contributed by atoms with van der Waals surface area (Å²) in [4.78, 5) is 17.9. The highest BCUT2D eigenvalue weighted by Crippen LogP contribution is 2.17. The van der Waals surface area contributed by atoms with Gasteiger partial charge in [0.15, 0.2) is 0 Å². The Kier molecular flexibility index (Phi) is 3.54. The summed E-state index contributed by atoms with van der Waals surface area (Å²) in [7, 11) is 0. The Hall–Kier alpha value is -1.38. The lowest BCUT2D eigenvalue weighted by Gasteiger charge is -2.27. The van der Waals surface area contributed by atoms with Crippen LogP contribution in [0.2, 0.25) is 0 Å². The lowest BCUT2D eigenvalue weighted by atomic mass is 10.1. The van der Waals surface area contributed by atoms with Crippen LogP contribution >= 0.6 is 0 Å². The highest BCUT2D eigenvalue weighted by Gasteiger charge is 2.12. The number of hydrogen-bond donors (Lipinski definition) is 0. The number of pyridine rings is 1. The summed E-state index contributed by atoms with van der Waals surface area (Å²) in [6.45, 7) is 3.79. The molecule has 3 heteroatoms. The molecule has 2 heterocycles. The van der Waals surface area contributed by atoms with E-state index in [2.05, 4.69) is 9.88 Å². The fourth-order valence-electron chi connectivity index (χ4n) is 2.12. The van der Waals surface area contributed by atoms with E-state index >= 15 is 0 Å². The Morgan fingerprint density at radius 3 is 2.75 bits per heavy atom. The van der Waals surface area contributed by atoms with Crippen molar-refractivity contribution in [3.05, 3.63) is 23.9 Å². The van der Waals surface area contributed by atoms with Crippen LogP contribution in [0.15, 0.2) is 18.2 Å². The highest BCUT2D eigenvalue weighted by molar-refractivity contribution is 5.77. The van der Waals surface area contributed by atoms with Gasteiger partial charge in [-0.1, -0.05) is 6.07 Å². The van der Waals surface area contributed by atoms with E-state index in [-0.39, 0.29) is 5.78 Å². The zero-order valence-corrected chi connectivity index (χ0v) is 9.78. The first-order valence-electron chi connectivity index (χ1n) is 5.96. The van der Waals surface area contributed by atoms with Gasteiger partial charge in [0.2, 0.25) is 0 Å². The highest BCUT2D eigenvalue weighted by atomic mass is 16.1. The van der Waals surface area contributed by atoms with Crippen molar-refractivity contribution in [1.29, 1.82) is 0 Å². The smallest absolute Gasteiger partial charge is 0.135 e. The van der Waals surface area contributed by atoms with Gasteiger partial charge in [0.05, 0.1) is 5.69 Å². The second kappa shape index (κ2) is 5.10. The van der Waals surface area contributed by atoms with E-state index in [0.29, 0.717) is 6.42 Å². The van der Waals surface area contributed by atoms with E-state index < -0.39 is 0 Å². The normalized spacial score (nSPS) is 16.2. The third-order valence-corrected chi connectivity index (χ3v) is 2.90. The van der Waals surface area contributed by atoms with Crippen LogP contribution < -0.4 is 4.90 Å². The third kappa shape index (κ3) is 2.81. The van der Waals surface area contributed by atoms with Crippen molar-refractivity contribution >= 4 is 11.6 Å². The van der Waals surface area contributed by atoms with Gasteiger partial charge in [-0.3, -0.25) is 4.79 Å². The van der Waals surface area contributed by atoms with Gasteiger partial charge in [-0.2, -0.15) is 0 Å². The molecule has 0 amide bonds. The summed E-state index contributed by atoms with van der Waals surface area (Å²) < 4.78 is 0. The Morgan fingerprint density at radius 1 is 1.31 bits per heavy atom. The number of carbonyl (C=O) groups is 1. The first-order chi connectivity index (χ1) is 7.75. The molecule has 1 aromatic heterocycles. The van der Waals surface area contributed by atoms with Crippen LogP contribution in [0.5, 0.6) is 0 Å². The molecule has 1 aliphatic rings. The number of ketones is 1. The first kappa shape index (κ1) is 11.1. The fourth-order valence-corrected chi connectivity index (χ4v) is 2.12. The molecule has 86 valence electrons. The lowest BCUT2D eigenvalue weighted by molar-refractivity contribution is -0.116. The molecule has 0 aliphatic carbocycles. The fraction of sp³-hybridized carbons (Fsp3) is 0.538. The van der Waals surface area contributed by atoms with Crippen molar-refractivity contribution in [2.24, 2.45) is 0 Å². The van der Waals surface area contributed by atoms with Gasteiger partial charge in [0.25, 0.3) is 0 Å². The predicted molar refractivity (Wildman–Crippen MR) is 64.7 cm³/mol. The maximum atomic E-state index is 11.0. The number of hydrogen-bond acceptors (Lipinski definition) is 3. The van der Waals surface area contributed by atoms with E-state index in [1.165, 1.54) is 19.3 Å². The molecule has 0 atom stereocenters. The minimum absolute atomic E-state index is 0.170. The largest absolute Gasteiger partial charge is 0.357 e. The van der Waals surface area contributed by atoms with Gasteiger partial charge in [0.1, 0.15) is 11.6 Å². The minimum atomic E-state index is 0.170. The van der Waals surface area contributed by atoms with Gasteiger partial charge in [-0.05, 0) is 38.3 Å². The lowest BCUT2D eigenvalue weighted by Crippen LogP contribution is -2.30. The van der Waals surface area contributed by atoms with Gasteiger partial charge < -0.3 is 4.90 Å². The molecule has 16 heavy (non-hydrogen) atoms. The van der Waals surface area contributed by atoms with Crippen molar-refractivity contribution < 1.29 is 4.79 Å². The van der Waals surface area contributed by atoms with Crippen LogP contribution in [0.4, 0.5) is 5.82 Å². The molecule has 3 nitrogen and oxygen atoms in total. The monoisotopic (exact) mass is 218 g/mol. The molecule has 2 rings (SSSR count). The molecule has 0 radical (unpaired) electrons. The second-order valence-corrected chi connectivity index (χ2v) is 4.41. The standard InChI is InChI=1S/C13H18N2O/c1-11(16)10-12-6-5-7-13(14-12)15-8-3-2-4-9-15/h5-7H,2-4,8-10H2,1H3. The van der Waals surface area contributed by atoms with Crippen LogP contribution in [0.25, 0.3) is 0 Å². The van der Waals surface area contributed by atoms with Gasteiger partial charge >= 0.3 is 0 Å². The zero-order chi connectivity index (χ0) is 11.4. The van der Waals surface area contributed by atoms with Crippen LogP contribution in [0.3, 0.4) is 0 Å². The van der Waals surface area contributed by atoms with Crippen molar-refractivity contribution in [2.75, 3.05) is 18.0 Å². The number of anilines is 1. The van der Waals surface area contributed by atoms with Crippen LogP contribution in [-0.4, -0.2) is 23.9 Å². The van der Waals surface area contributed by atoms with Crippen molar-refractivity contribution in [3.8, 4) is 0 Å². The minimum Gasteiger partial charge on any atom is -0.357 e. The summed E-state index contributed by atoms with van der Waals surface area (Å²) >= 11 is 0. The van der Waals surface area contributed by atoms with E-state index in [4.69, 9.17) is 0 Å². The Balaban J connectivity index is 2.11. The summed E-state index contributed by atoms with van der Waals surface area (Å²) in [5.41, 5.74) is 0.885. The molecule has 0 saturated carbocycles. The van der Waals surface area contributed by atoms with Crippen molar-refractivity contribution in [3.63, 3.8) is 0 Å². The van der Waals surface area contributed by atoms with Crippen molar-refractivity contribution in [1.82, 2.24) is 4.98 Å². The summed E-state index contributed by atoms with van der Waals surface area (Å²) in [6.07, 6.45) is 4.27. The van der Waals surface area contributed by atoms with E-state index in [1.54, 1.807) is 6.92 Å². The maximum Gasteiger partial charge on any atom is 0.135 e. The molecule has 0 unspecified atom stereocenters. The Bertz CT molecular complexity index is 370. The van der Waals surface area contributed by atoms with Crippen LogP contribution in [0, 0.1) is 0 Å². The molecule has 1 aliphatic heterocycles. The van der Waals surface area contributed by atoms with Gasteiger partial charge in [-0.25, -0.2) is 4.98 Å². The maximum absolute atomic E-state index is 11.0. The predicted octanol–water partition coefficient (Wildman–Crippen LogP) is 2.20. The van der Waals surface area contributed by atoms with Gasteiger partial charge in [0, 0.05) is 19.5 Å². The topological polar surface area (TPSA) is 33.2 Å². The Morgan fingerprint density at radius 2 is 2.06 bits per heavy atom. The van der Waals surface area contributed by atoms with E-state index in [1.807, 2.05) is 18.2 Å². The Labute approximate surface area is 96.5 Å². The number of rotatable bonds is 3. The molecular formula is C13H18N2O. The molecule has 0 spiro atoms. The van der Waals surface area contributed by atoms with Crippen LogP contribution in [-0.2, 0) is 11.2 Å². The third-order valence-electron chi connectivity index (χ3n) is 2.90. The molecule has 0 N–H and O–H groups in total. The summed E-state index contributed by atoms with van der Waals surface area (Å²) in [6, 6.07) is 5.96. The second-order valence-electron chi connectivity index (χ2n) is 4.41. The average molecular weight is 218 g/mol. The number of carbonyl (C=O) groups excluding carboxylic acids is 1. The molecule has 0 aromatic carbocycles. The first-order valence-corrected chi connectivity index (χ1v) is 5.96. The average Bonchev–Trinajstić information content (AvgIpc) is 2.30. The van der Waals surface area contributed by atoms with Crippen LogP contribution in [0.1, 0.15) is 31.9 Å². The van der Waals surface area contributed by atoms with Crippen molar-refractivity contribution in [2.45, 2.75) is 32.6 Å². The van der Waals surface area contributed by atoms with E-state index in [0.717, 1.165) is 24.6 Å². The molecule has 1 saturated heterocycles. The zero-order valence-electron chi connectivity index (χ0n) is 9.78. The molecular weight excluding hydrogens is 200 g/mol. The molecule has 1 fully saturated rings. The molecule has 0 bridgehead atoms.